The van der Waals surface area contributed by atoms with Gasteiger partial charge in [-0.25, -0.2) is 0 Å². The molecule has 0 spiro atoms. The first-order valence-electron chi connectivity index (χ1n) is 7.51. The molecule has 2 fully saturated rings. The van der Waals surface area contributed by atoms with Crippen molar-refractivity contribution < 1.29 is 0 Å². The summed E-state index contributed by atoms with van der Waals surface area (Å²) in [7, 11) is 0. The van der Waals surface area contributed by atoms with Crippen LogP contribution in [0.15, 0.2) is 11.4 Å². The lowest BCUT2D eigenvalue weighted by atomic mass is 9.66. The third-order valence-electron chi connectivity index (χ3n) is 4.76. The molecule has 3 rings (SSSR count). The van der Waals surface area contributed by atoms with Gasteiger partial charge in [0.25, 0.3) is 0 Å². The van der Waals surface area contributed by atoms with E-state index in [9.17, 15) is 0 Å². The first-order chi connectivity index (χ1) is 9.05. The topological polar surface area (TPSA) is 12.0 Å². The first-order valence-corrected chi connectivity index (χ1v) is 8.77. The lowest BCUT2D eigenvalue weighted by Gasteiger charge is -2.41. The molecule has 106 valence electrons. The number of thiophene rings is 1. The second-order valence-electron chi connectivity index (χ2n) is 7.09. The van der Waals surface area contributed by atoms with Crippen molar-refractivity contribution in [1.82, 2.24) is 5.32 Å². The van der Waals surface area contributed by atoms with E-state index < -0.39 is 0 Å². The van der Waals surface area contributed by atoms with E-state index in [4.69, 9.17) is 11.6 Å². The van der Waals surface area contributed by atoms with E-state index in [0.29, 0.717) is 11.3 Å². The van der Waals surface area contributed by atoms with E-state index in [-0.39, 0.29) is 0 Å². The van der Waals surface area contributed by atoms with Crippen molar-refractivity contribution in [3.8, 4) is 0 Å². The summed E-state index contributed by atoms with van der Waals surface area (Å²) in [6.07, 6.45) is 6.73. The fourth-order valence-corrected chi connectivity index (χ4v) is 4.76. The molecule has 2 aliphatic carbocycles. The molecule has 2 atom stereocenters. The van der Waals surface area contributed by atoms with Crippen LogP contribution in [-0.4, -0.2) is 12.6 Å². The van der Waals surface area contributed by atoms with Gasteiger partial charge in [-0.05, 0) is 67.3 Å². The average Bonchev–Trinajstić information content (AvgIpc) is 3.08. The molecule has 2 aliphatic rings. The van der Waals surface area contributed by atoms with E-state index in [1.807, 2.05) is 11.3 Å². The summed E-state index contributed by atoms with van der Waals surface area (Å²) >= 11 is 8.25. The van der Waals surface area contributed by atoms with Crippen molar-refractivity contribution >= 4 is 22.9 Å². The molecule has 0 bridgehead atoms. The first kappa shape index (κ1) is 13.9. The Kier molecular flexibility index (Phi) is 3.94. The molecule has 1 heterocycles. The molecule has 0 saturated heterocycles. The molecule has 1 nitrogen and oxygen atoms in total. The third kappa shape index (κ3) is 3.34. The van der Waals surface area contributed by atoms with E-state index in [1.165, 1.54) is 43.5 Å². The zero-order valence-electron chi connectivity index (χ0n) is 11.9. The summed E-state index contributed by atoms with van der Waals surface area (Å²) in [4.78, 5) is 1.43. The van der Waals surface area contributed by atoms with Gasteiger partial charge in [0.1, 0.15) is 0 Å². The number of halogens is 1. The number of rotatable bonds is 4. The van der Waals surface area contributed by atoms with Crippen LogP contribution in [0.4, 0.5) is 0 Å². The van der Waals surface area contributed by atoms with Crippen LogP contribution < -0.4 is 5.32 Å². The molecule has 0 aliphatic heterocycles. The Labute approximate surface area is 125 Å². The Balaban J connectivity index is 1.74. The summed E-state index contributed by atoms with van der Waals surface area (Å²) in [5.41, 5.74) is 0.466. The summed E-state index contributed by atoms with van der Waals surface area (Å²) in [6.45, 7) is 6.00. The van der Waals surface area contributed by atoms with Crippen molar-refractivity contribution in [2.24, 2.45) is 11.3 Å². The zero-order chi connectivity index (χ0) is 13.5. The predicted octanol–water partition coefficient (Wildman–Crippen LogP) is 5.06. The van der Waals surface area contributed by atoms with Crippen LogP contribution in [0.1, 0.15) is 56.7 Å². The third-order valence-corrected chi connectivity index (χ3v) is 6.25. The molecular formula is C16H24ClNS. The Hall–Kier alpha value is -0.0500. The maximum absolute atomic E-state index is 6.40. The molecule has 2 unspecified atom stereocenters. The standard InChI is InChI=1S/C16H24ClNS/c1-16(2)7-5-11(10-18-12-3-4-12)13(9-16)15-14(17)6-8-19-15/h6,8,11-13,18H,3-5,7,9-10H2,1-2H3. The van der Waals surface area contributed by atoms with Gasteiger partial charge in [0.05, 0.1) is 5.02 Å². The Morgan fingerprint density at radius 3 is 2.79 bits per heavy atom. The van der Waals surface area contributed by atoms with Crippen LogP contribution in [0.2, 0.25) is 5.02 Å². The van der Waals surface area contributed by atoms with Crippen molar-refractivity contribution in [3.63, 3.8) is 0 Å². The quantitative estimate of drug-likeness (QED) is 0.819. The van der Waals surface area contributed by atoms with Gasteiger partial charge in [0, 0.05) is 10.9 Å². The highest BCUT2D eigenvalue weighted by atomic mass is 35.5. The molecule has 2 saturated carbocycles. The van der Waals surface area contributed by atoms with Crippen molar-refractivity contribution in [2.45, 2.75) is 57.9 Å². The molecule has 0 amide bonds. The maximum atomic E-state index is 6.40. The van der Waals surface area contributed by atoms with Gasteiger partial charge in [-0.15, -0.1) is 11.3 Å². The highest BCUT2D eigenvalue weighted by Crippen LogP contribution is 2.49. The minimum absolute atomic E-state index is 0.466. The second kappa shape index (κ2) is 5.38. The minimum atomic E-state index is 0.466. The Morgan fingerprint density at radius 2 is 2.16 bits per heavy atom. The summed E-state index contributed by atoms with van der Waals surface area (Å²) < 4.78 is 0. The monoisotopic (exact) mass is 297 g/mol. The van der Waals surface area contributed by atoms with Gasteiger partial charge in [-0.1, -0.05) is 25.4 Å². The van der Waals surface area contributed by atoms with Crippen LogP contribution in [-0.2, 0) is 0 Å². The van der Waals surface area contributed by atoms with Gasteiger partial charge >= 0.3 is 0 Å². The fraction of sp³-hybridized carbons (Fsp3) is 0.750. The van der Waals surface area contributed by atoms with E-state index in [0.717, 1.165) is 17.0 Å². The van der Waals surface area contributed by atoms with Gasteiger partial charge in [-0.2, -0.15) is 0 Å². The molecule has 1 aromatic heterocycles. The van der Waals surface area contributed by atoms with E-state index in [1.54, 1.807) is 0 Å². The number of nitrogens with one attached hydrogen (secondary N) is 1. The molecule has 1 N–H and O–H groups in total. The van der Waals surface area contributed by atoms with E-state index >= 15 is 0 Å². The fourth-order valence-electron chi connectivity index (χ4n) is 3.37. The number of hydrogen-bond donors (Lipinski definition) is 1. The van der Waals surface area contributed by atoms with Crippen LogP contribution >= 0.6 is 22.9 Å². The molecular weight excluding hydrogens is 274 g/mol. The minimum Gasteiger partial charge on any atom is -0.314 e. The highest BCUT2D eigenvalue weighted by molar-refractivity contribution is 7.10. The Morgan fingerprint density at radius 1 is 1.37 bits per heavy atom. The average molecular weight is 298 g/mol. The van der Waals surface area contributed by atoms with Crippen molar-refractivity contribution in [1.29, 1.82) is 0 Å². The zero-order valence-corrected chi connectivity index (χ0v) is 13.5. The molecule has 19 heavy (non-hydrogen) atoms. The lowest BCUT2D eigenvalue weighted by molar-refractivity contribution is 0.161. The van der Waals surface area contributed by atoms with Gasteiger partial charge in [0.2, 0.25) is 0 Å². The maximum Gasteiger partial charge on any atom is 0.0547 e. The van der Waals surface area contributed by atoms with Crippen LogP contribution in [0.5, 0.6) is 0 Å². The van der Waals surface area contributed by atoms with Crippen LogP contribution in [0.3, 0.4) is 0 Å². The van der Waals surface area contributed by atoms with E-state index in [2.05, 4.69) is 30.6 Å². The number of hydrogen-bond acceptors (Lipinski definition) is 2. The predicted molar refractivity (Wildman–Crippen MR) is 84.2 cm³/mol. The van der Waals surface area contributed by atoms with Crippen molar-refractivity contribution in [2.75, 3.05) is 6.54 Å². The van der Waals surface area contributed by atoms with Crippen LogP contribution in [0.25, 0.3) is 0 Å². The Bertz CT molecular complexity index is 434. The van der Waals surface area contributed by atoms with Gasteiger partial charge in [0.15, 0.2) is 0 Å². The highest BCUT2D eigenvalue weighted by Gasteiger charge is 2.37. The smallest absolute Gasteiger partial charge is 0.0547 e. The van der Waals surface area contributed by atoms with Crippen LogP contribution in [0, 0.1) is 11.3 Å². The normalized spacial score (nSPS) is 30.5. The molecule has 3 heteroatoms. The summed E-state index contributed by atoms with van der Waals surface area (Å²) in [5, 5.41) is 6.86. The molecule has 0 radical (unpaired) electrons. The summed E-state index contributed by atoms with van der Waals surface area (Å²) in [6, 6.07) is 2.88. The molecule has 0 aromatic carbocycles. The molecule has 1 aromatic rings. The lowest BCUT2D eigenvalue weighted by Crippen LogP contribution is -2.35. The second-order valence-corrected chi connectivity index (χ2v) is 8.44. The largest absolute Gasteiger partial charge is 0.314 e. The van der Waals surface area contributed by atoms with Crippen molar-refractivity contribution in [3.05, 3.63) is 21.3 Å². The van der Waals surface area contributed by atoms with Gasteiger partial charge in [-0.3, -0.25) is 0 Å². The SMILES string of the molecule is CC1(C)CCC(CNC2CC2)C(c2sccc2Cl)C1. The summed E-state index contributed by atoms with van der Waals surface area (Å²) in [5.74, 6) is 1.42. The van der Waals surface area contributed by atoms with Gasteiger partial charge < -0.3 is 5.32 Å².